The van der Waals surface area contributed by atoms with Crippen molar-refractivity contribution in [1.82, 2.24) is 4.98 Å². The number of hydrogen-bond donors (Lipinski definition) is 0. The van der Waals surface area contributed by atoms with Gasteiger partial charge in [-0.1, -0.05) is 196 Å². The first-order valence-corrected chi connectivity index (χ1v) is 21.4. The third kappa shape index (κ3) is 5.52. The third-order valence-corrected chi connectivity index (χ3v) is 13.9. The Bertz CT molecular complexity index is 3180. The van der Waals surface area contributed by atoms with Crippen molar-refractivity contribution in [3.05, 3.63) is 234 Å². The predicted molar refractivity (Wildman–Crippen MR) is 257 cm³/mol. The highest BCUT2D eigenvalue weighted by Gasteiger charge is 2.60. The van der Waals surface area contributed by atoms with Gasteiger partial charge in [0, 0.05) is 17.1 Å². The molecular formula is C60H45N. The van der Waals surface area contributed by atoms with E-state index in [1.54, 1.807) is 0 Å². The van der Waals surface area contributed by atoms with Gasteiger partial charge in [-0.2, -0.15) is 0 Å². The molecule has 1 nitrogen and oxygen atoms in total. The fourth-order valence-corrected chi connectivity index (χ4v) is 11.2. The Hall–Kier alpha value is -7.27. The molecule has 3 unspecified atom stereocenters. The summed E-state index contributed by atoms with van der Waals surface area (Å²) in [6, 6.07) is 61.8. The molecule has 3 aliphatic rings. The van der Waals surface area contributed by atoms with E-state index in [4.69, 9.17) is 11.4 Å². The molecule has 0 fully saturated rings. The fraction of sp³-hybridized carbons (Fsp3) is 0.117. The van der Waals surface area contributed by atoms with Gasteiger partial charge in [-0.15, -0.1) is 6.42 Å². The molecule has 8 aromatic rings. The van der Waals surface area contributed by atoms with Gasteiger partial charge in [0.15, 0.2) is 0 Å². The van der Waals surface area contributed by atoms with Crippen molar-refractivity contribution in [3.63, 3.8) is 0 Å². The zero-order valence-electron chi connectivity index (χ0n) is 34.7. The van der Waals surface area contributed by atoms with E-state index in [9.17, 15) is 0 Å². The van der Waals surface area contributed by atoms with Gasteiger partial charge in [0.05, 0.1) is 22.4 Å². The van der Waals surface area contributed by atoms with Crippen LogP contribution in [0.5, 0.6) is 0 Å². The summed E-state index contributed by atoms with van der Waals surface area (Å²) < 4.78 is 0. The SMILES string of the molecule is C#CC(=C1/C(=C\C)C2(c3ccc(-c4ccc5c(ccc6ccccc65)c4)cc31)c1ccccc1C(C)(C)C1C=CC=CC12)c1cc(-c2ccccc2)cc(-c2ccccc2)n1. The summed E-state index contributed by atoms with van der Waals surface area (Å²) in [6.45, 7) is 7.05. The Labute approximate surface area is 359 Å². The molecule has 0 saturated heterocycles. The van der Waals surface area contributed by atoms with Gasteiger partial charge >= 0.3 is 0 Å². The Kier molecular flexibility index (Phi) is 8.55. The van der Waals surface area contributed by atoms with Crippen LogP contribution in [0, 0.1) is 24.2 Å². The molecule has 0 aliphatic heterocycles. The van der Waals surface area contributed by atoms with E-state index >= 15 is 0 Å². The van der Waals surface area contributed by atoms with E-state index in [0.717, 1.165) is 44.8 Å². The summed E-state index contributed by atoms with van der Waals surface area (Å²) in [5.41, 5.74) is 15.0. The zero-order valence-corrected chi connectivity index (χ0v) is 34.7. The second-order valence-corrected chi connectivity index (χ2v) is 17.3. The largest absolute Gasteiger partial charge is 0.247 e. The van der Waals surface area contributed by atoms with Gasteiger partial charge in [-0.3, -0.25) is 0 Å². The second kappa shape index (κ2) is 14.2. The first-order valence-electron chi connectivity index (χ1n) is 21.4. The van der Waals surface area contributed by atoms with Crippen LogP contribution >= 0.6 is 0 Å². The van der Waals surface area contributed by atoms with Crippen molar-refractivity contribution in [2.75, 3.05) is 0 Å². The second-order valence-electron chi connectivity index (χ2n) is 17.3. The van der Waals surface area contributed by atoms with Gasteiger partial charge in [-0.05, 0) is 114 Å². The highest BCUT2D eigenvalue weighted by Crippen LogP contribution is 2.67. The molecule has 290 valence electrons. The molecule has 0 radical (unpaired) electrons. The molecule has 3 aliphatic carbocycles. The first kappa shape index (κ1) is 36.8. The number of aromatic nitrogens is 1. The van der Waals surface area contributed by atoms with Crippen molar-refractivity contribution in [1.29, 1.82) is 0 Å². The molecule has 11 rings (SSSR count). The lowest BCUT2D eigenvalue weighted by Gasteiger charge is -2.54. The van der Waals surface area contributed by atoms with Crippen molar-refractivity contribution < 1.29 is 0 Å². The summed E-state index contributed by atoms with van der Waals surface area (Å²) in [5.74, 6) is 3.70. The molecule has 1 aromatic heterocycles. The summed E-state index contributed by atoms with van der Waals surface area (Å²) in [6.07, 6.45) is 18.7. The van der Waals surface area contributed by atoms with Crippen LogP contribution in [-0.4, -0.2) is 4.98 Å². The van der Waals surface area contributed by atoms with Gasteiger partial charge in [0.25, 0.3) is 0 Å². The molecule has 1 heteroatoms. The minimum Gasteiger partial charge on any atom is -0.247 e. The van der Waals surface area contributed by atoms with Crippen molar-refractivity contribution in [3.8, 4) is 45.9 Å². The lowest BCUT2D eigenvalue weighted by molar-refractivity contribution is 0.219. The highest BCUT2D eigenvalue weighted by molar-refractivity contribution is 6.11. The Balaban J connectivity index is 1.22. The van der Waals surface area contributed by atoms with E-state index in [-0.39, 0.29) is 17.3 Å². The van der Waals surface area contributed by atoms with Crippen molar-refractivity contribution in [2.24, 2.45) is 11.8 Å². The molecule has 61 heavy (non-hydrogen) atoms. The lowest BCUT2D eigenvalue weighted by atomic mass is 9.48. The van der Waals surface area contributed by atoms with Crippen LogP contribution in [0.4, 0.5) is 0 Å². The standard InChI is InChI=1S/C60H45N/c1-5-46(57-38-45(39-19-9-7-10-20-39)37-56(61-57)41-22-11-8-12-23-41)58-49-36-43(42-31-33-48-44(35-42)30-29-40-21-13-14-24-47(40)48)32-34-51(49)60(50(58)6-2)54-27-17-15-25-52(54)59(3,4)53-26-16-18-28-55(53)60/h1,6-38,52,54H,2-4H3/b50-6+,58-46?. The summed E-state index contributed by atoms with van der Waals surface area (Å²) in [5, 5.41) is 5.01. The van der Waals surface area contributed by atoms with Crippen LogP contribution in [0.1, 0.15) is 48.7 Å². The lowest BCUT2D eigenvalue weighted by Crippen LogP contribution is -2.51. The molecule has 1 heterocycles. The van der Waals surface area contributed by atoms with E-state index < -0.39 is 5.41 Å². The van der Waals surface area contributed by atoms with Gasteiger partial charge < -0.3 is 0 Å². The number of fused-ring (bicyclic) bond motifs is 9. The van der Waals surface area contributed by atoms with Crippen LogP contribution in [-0.2, 0) is 10.8 Å². The minimum absolute atomic E-state index is 0.0977. The number of terminal acetylenes is 1. The first-order chi connectivity index (χ1) is 29.9. The average Bonchev–Trinajstić information content (AvgIpc) is 3.61. The molecular weight excluding hydrogens is 735 g/mol. The number of nitrogens with zero attached hydrogens (tertiary/aromatic N) is 1. The number of hydrogen-bond acceptors (Lipinski definition) is 1. The van der Waals surface area contributed by atoms with Crippen LogP contribution < -0.4 is 0 Å². The molecule has 0 saturated carbocycles. The molecule has 0 bridgehead atoms. The maximum atomic E-state index is 6.88. The topological polar surface area (TPSA) is 12.9 Å². The summed E-state index contributed by atoms with van der Waals surface area (Å²) in [4.78, 5) is 5.46. The predicted octanol–water partition coefficient (Wildman–Crippen LogP) is 14.8. The van der Waals surface area contributed by atoms with Gasteiger partial charge in [-0.25, -0.2) is 4.98 Å². The molecule has 3 atom stereocenters. The third-order valence-electron chi connectivity index (χ3n) is 13.9. The Morgan fingerprint density at radius 2 is 1.20 bits per heavy atom. The van der Waals surface area contributed by atoms with E-state index in [1.165, 1.54) is 54.9 Å². The molecule has 0 N–H and O–H groups in total. The van der Waals surface area contributed by atoms with Gasteiger partial charge in [0.2, 0.25) is 0 Å². The normalized spacial score (nSPS) is 21.0. The molecule has 1 spiro atoms. The van der Waals surface area contributed by atoms with E-state index in [1.807, 2.05) is 6.07 Å². The van der Waals surface area contributed by atoms with Gasteiger partial charge in [0.1, 0.15) is 0 Å². The molecule has 7 aromatic carbocycles. The maximum absolute atomic E-state index is 6.88. The van der Waals surface area contributed by atoms with Crippen molar-refractivity contribution >= 4 is 32.7 Å². The number of rotatable bonds is 4. The summed E-state index contributed by atoms with van der Waals surface area (Å²) in [7, 11) is 0. The smallest absolute Gasteiger partial charge is 0.0806 e. The van der Waals surface area contributed by atoms with Crippen LogP contribution in [0.15, 0.2) is 206 Å². The maximum Gasteiger partial charge on any atom is 0.0806 e. The number of benzene rings is 7. The van der Waals surface area contributed by atoms with Crippen molar-refractivity contribution in [2.45, 2.75) is 31.6 Å². The average molecular weight is 780 g/mol. The quantitative estimate of drug-likeness (QED) is 0.128. The van der Waals surface area contributed by atoms with E-state index in [2.05, 4.69) is 221 Å². The Morgan fingerprint density at radius 3 is 1.97 bits per heavy atom. The fourth-order valence-electron chi connectivity index (χ4n) is 11.2. The van der Waals surface area contributed by atoms with Crippen LogP contribution in [0.3, 0.4) is 0 Å². The minimum atomic E-state index is -0.500. The van der Waals surface area contributed by atoms with Crippen LogP contribution in [0.2, 0.25) is 0 Å². The highest BCUT2D eigenvalue weighted by atomic mass is 14.7. The van der Waals surface area contributed by atoms with E-state index in [0.29, 0.717) is 0 Å². The zero-order chi connectivity index (χ0) is 41.3. The number of pyridine rings is 1. The Morgan fingerprint density at radius 1 is 0.557 bits per heavy atom. The summed E-state index contributed by atoms with van der Waals surface area (Å²) >= 11 is 0. The molecule has 0 amide bonds. The van der Waals surface area contributed by atoms with Crippen LogP contribution in [0.25, 0.3) is 66.2 Å². The number of allylic oxidation sites excluding steroid dienone is 8. The monoisotopic (exact) mass is 779 g/mol.